The van der Waals surface area contributed by atoms with Gasteiger partial charge in [-0.25, -0.2) is 4.79 Å². The van der Waals surface area contributed by atoms with Crippen molar-refractivity contribution in [2.45, 2.75) is 11.8 Å². The number of rotatable bonds is 12. The van der Waals surface area contributed by atoms with Crippen LogP contribution in [0, 0.1) is 6.92 Å². The van der Waals surface area contributed by atoms with Gasteiger partial charge in [-0.05, 0) is 73.2 Å². The van der Waals surface area contributed by atoms with E-state index in [4.69, 9.17) is 9.47 Å². The number of carboxylic acid groups (broad SMARTS) is 1. The van der Waals surface area contributed by atoms with Crippen molar-refractivity contribution in [2.24, 2.45) is 0 Å². The zero-order valence-electron chi connectivity index (χ0n) is 24.7. The summed E-state index contributed by atoms with van der Waals surface area (Å²) >= 11 is 1.28. The lowest BCUT2D eigenvalue weighted by molar-refractivity contribution is -0.114. The topological polar surface area (TPSA) is 143 Å². The van der Waals surface area contributed by atoms with E-state index in [0.29, 0.717) is 34.0 Å². The third-order valence-electron chi connectivity index (χ3n) is 6.50. The fourth-order valence-electron chi connectivity index (χ4n) is 4.18. The molecule has 0 radical (unpaired) electrons. The molecule has 0 fully saturated rings. The molecule has 4 rings (SSSR count). The minimum Gasteiger partial charge on any atom is -0.493 e. The second-order valence-corrected chi connectivity index (χ2v) is 10.7. The van der Waals surface area contributed by atoms with E-state index in [2.05, 4.69) is 16.0 Å². The van der Waals surface area contributed by atoms with E-state index in [1.165, 1.54) is 44.2 Å². The monoisotopic (exact) mass is 625 g/mol. The Morgan fingerprint density at radius 3 is 2.22 bits per heavy atom. The van der Waals surface area contributed by atoms with Gasteiger partial charge in [0.15, 0.2) is 11.5 Å². The molecule has 0 unspecified atom stereocenters. The van der Waals surface area contributed by atoms with Crippen LogP contribution >= 0.6 is 11.8 Å². The van der Waals surface area contributed by atoms with Crippen molar-refractivity contribution in [2.75, 3.05) is 30.6 Å². The molecule has 4 N–H and O–H groups in total. The van der Waals surface area contributed by atoms with Crippen LogP contribution in [0.3, 0.4) is 0 Å². The number of para-hydroxylation sites is 1. The van der Waals surface area contributed by atoms with Gasteiger partial charge in [-0.1, -0.05) is 36.4 Å². The highest BCUT2D eigenvalue weighted by Crippen LogP contribution is 2.32. The third-order valence-corrected chi connectivity index (χ3v) is 7.51. The van der Waals surface area contributed by atoms with Crippen molar-refractivity contribution in [1.29, 1.82) is 0 Å². The van der Waals surface area contributed by atoms with Crippen LogP contribution < -0.4 is 25.4 Å². The summed E-state index contributed by atoms with van der Waals surface area (Å²) in [7, 11) is 2.99. The Morgan fingerprint density at radius 2 is 1.56 bits per heavy atom. The van der Waals surface area contributed by atoms with Gasteiger partial charge in [-0.2, -0.15) is 0 Å². The van der Waals surface area contributed by atoms with E-state index in [-0.39, 0.29) is 22.9 Å². The first-order valence-corrected chi connectivity index (χ1v) is 14.6. The molecule has 0 saturated carbocycles. The van der Waals surface area contributed by atoms with E-state index in [1.807, 2.05) is 0 Å². The largest absolute Gasteiger partial charge is 0.493 e. The summed E-state index contributed by atoms with van der Waals surface area (Å²) in [6, 6.07) is 25.1. The minimum absolute atomic E-state index is 0.0206. The highest BCUT2D eigenvalue weighted by Gasteiger charge is 2.18. The van der Waals surface area contributed by atoms with Gasteiger partial charge < -0.3 is 30.5 Å². The van der Waals surface area contributed by atoms with E-state index < -0.39 is 17.8 Å². The van der Waals surface area contributed by atoms with E-state index in [0.717, 1.165) is 10.5 Å². The van der Waals surface area contributed by atoms with Gasteiger partial charge >= 0.3 is 5.97 Å². The Hall–Kier alpha value is -5.55. The summed E-state index contributed by atoms with van der Waals surface area (Å²) in [6.45, 7) is 1.78. The highest BCUT2D eigenvalue weighted by molar-refractivity contribution is 8.00. The predicted octanol–water partition coefficient (Wildman–Crippen LogP) is 5.85. The molecule has 45 heavy (non-hydrogen) atoms. The molecule has 11 heteroatoms. The number of carbonyl (C=O) groups excluding carboxylic acids is 3. The lowest BCUT2D eigenvalue weighted by atomic mass is 10.1. The second-order valence-electron chi connectivity index (χ2n) is 9.61. The maximum absolute atomic E-state index is 13.4. The molecule has 0 heterocycles. The molecule has 0 bridgehead atoms. The molecule has 10 nitrogen and oxygen atoms in total. The maximum atomic E-state index is 13.4. The summed E-state index contributed by atoms with van der Waals surface area (Å²) in [5.41, 5.74) is 2.61. The molecule has 0 spiro atoms. The molecular formula is C34H31N3O7S. The zero-order chi connectivity index (χ0) is 32.3. The fraction of sp³-hybridized carbons (Fsp3) is 0.118. The SMILES string of the molecule is COc1cccc(/C=C(\NC(=O)c2ccccc2)C(=O)Nc2ccc(SCC(=O)Nc3cc(C(=O)O)ccc3C)cc2)c1OC. The summed E-state index contributed by atoms with van der Waals surface area (Å²) in [4.78, 5) is 51.0. The Labute approximate surface area is 264 Å². The molecule has 0 aliphatic carbocycles. The number of anilines is 2. The highest BCUT2D eigenvalue weighted by atomic mass is 32.2. The van der Waals surface area contributed by atoms with Crippen molar-refractivity contribution >= 4 is 52.9 Å². The molecule has 0 aromatic heterocycles. The van der Waals surface area contributed by atoms with Crippen LogP contribution in [0.1, 0.15) is 31.8 Å². The van der Waals surface area contributed by atoms with Crippen LogP contribution in [0.15, 0.2) is 102 Å². The summed E-state index contributed by atoms with van der Waals surface area (Å²) in [5, 5.41) is 17.5. The smallest absolute Gasteiger partial charge is 0.335 e. The van der Waals surface area contributed by atoms with Crippen molar-refractivity contribution in [3.8, 4) is 11.5 Å². The van der Waals surface area contributed by atoms with Gasteiger partial charge in [0.1, 0.15) is 5.70 Å². The predicted molar refractivity (Wildman–Crippen MR) is 174 cm³/mol. The molecular weight excluding hydrogens is 594 g/mol. The molecule has 4 aromatic rings. The summed E-state index contributed by atoms with van der Waals surface area (Å²) in [6.07, 6.45) is 1.51. The minimum atomic E-state index is -1.08. The zero-order valence-corrected chi connectivity index (χ0v) is 25.6. The molecule has 0 aliphatic rings. The number of aromatic carboxylic acids is 1. The average molecular weight is 626 g/mol. The van der Waals surface area contributed by atoms with Crippen LogP contribution in [0.4, 0.5) is 11.4 Å². The molecule has 0 saturated heterocycles. The normalized spacial score (nSPS) is 10.9. The first-order chi connectivity index (χ1) is 21.7. The van der Waals surface area contributed by atoms with Crippen LogP contribution in [-0.2, 0) is 9.59 Å². The Morgan fingerprint density at radius 1 is 0.822 bits per heavy atom. The standard InChI is InChI=1S/C34H31N3O7S/c1-21-12-13-24(34(41)42)19-27(21)36-30(38)20-45-26-16-14-25(15-17-26)35-33(40)28(37-32(39)22-8-5-4-6-9-22)18-23-10-7-11-29(43-2)31(23)44-3/h4-19H,20H2,1-3H3,(H,35,40)(H,36,38)(H,37,39)(H,41,42)/b28-18-. The number of hydrogen-bond acceptors (Lipinski definition) is 7. The quantitative estimate of drug-likeness (QED) is 0.113. The lowest BCUT2D eigenvalue weighted by Crippen LogP contribution is -2.30. The number of thioether (sulfide) groups is 1. The van der Waals surface area contributed by atoms with Crippen LogP contribution in [0.5, 0.6) is 11.5 Å². The van der Waals surface area contributed by atoms with Gasteiger partial charge in [-0.15, -0.1) is 11.8 Å². The van der Waals surface area contributed by atoms with Crippen molar-refractivity contribution in [3.05, 3.63) is 119 Å². The van der Waals surface area contributed by atoms with Crippen molar-refractivity contribution < 1.29 is 33.8 Å². The Kier molecular flexibility index (Phi) is 11.0. The Balaban J connectivity index is 1.46. The van der Waals surface area contributed by atoms with Gasteiger partial charge in [0, 0.05) is 27.4 Å². The molecule has 230 valence electrons. The average Bonchev–Trinajstić information content (AvgIpc) is 3.05. The number of aryl methyl sites for hydroxylation is 1. The number of hydrogen-bond donors (Lipinski definition) is 4. The van der Waals surface area contributed by atoms with Gasteiger partial charge in [0.05, 0.1) is 25.5 Å². The van der Waals surface area contributed by atoms with E-state index in [1.54, 1.807) is 85.8 Å². The van der Waals surface area contributed by atoms with E-state index in [9.17, 15) is 24.3 Å². The number of carboxylic acids is 1. The second kappa shape index (κ2) is 15.3. The van der Waals surface area contributed by atoms with Crippen LogP contribution in [0.2, 0.25) is 0 Å². The number of methoxy groups -OCH3 is 2. The summed E-state index contributed by atoms with van der Waals surface area (Å²) < 4.78 is 10.9. The molecule has 4 aromatic carbocycles. The van der Waals surface area contributed by atoms with Crippen LogP contribution in [0.25, 0.3) is 6.08 Å². The lowest BCUT2D eigenvalue weighted by Gasteiger charge is -2.14. The Bertz CT molecular complexity index is 1740. The third kappa shape index (κ3) is 8.74. The fourth-order valence-corrected chi connectivity index (χ4v) is 4.88. The number of ether oxygens (including phenoxy) is 2. The number of nitrogens with one attached hydrogen (secondary N) is 3. The first kappa shape index (κ1) is 32.4. The van der Waals surface area contributed by atoms with Gasteiger partial charge in [0.2, 0.25) is 5.91 Å². The first-order valence-electron chi connectivity index (χ1n) is 13.7. The van der Waals surface area contributed by atoms with Crippen molar-refractivity contribution in [3.63, 3.8) is 0 Å². The number of benzene rings is 4. The molecule has 0 atom stereocenters. The van der Waals surface area contributed by atoms with Gasteiger partial charge in [-0.3, -0.25) is 14.4 Å². The number of amides is 3. The van der Waals surface area contributed by atoms with Gasteiger partial charge in [0.25, 0.3) is 11.8 Å². The van der Waals surface area contributed by atoms with Crippen LogP contribution in [-0.4, -0.2) is 48.8 Å². The molecule has 3 amide bonds. The molecule has 0 aliphatic heterocycles. The maximum Gasteiger partial charge on any atom is 0.335 e. The summed E-state index contributed by atoms with van der Waals surface area (Å²) in [5.74, 6) is -1.45. The number of carbonyl (C=O) groups is 4. The van der Waals surface area contributed by atoms with E-state index >= 15 is 0 Å². The van der Waals surface area contributed by atoms with Crippen molar-refractivity contribution in [1.82, 2.24) is 5.32 Å².